The fraction of sp³-hybridized carbons (Fsp3) is 0.231. The zero-order valence-electron chi connectivity index (χ0n) is 18.6. The van der Waals surface area contributed by atoms with Gasteiger partial charge in [-0.3, -0.25) is 9.80 Å². The van der Waals surface area contributed by atoms with Gasteiger partial charge in [0.15, 0.2) is 5.72 Å². The highest BCUT2D eigenvalue weighted by molar-refractivity contribution is 6.27. The van der Waals surface area contributed by atoms with Crippen molar-refractivity contribution in [2.45, 2.75) is 12.3 Å². The van der Waals surface area contributed by atoms with Crippen LogP contribution in [0.2, 0.25) is 0 Å². The lowest BCUT2D eigenvalue weighted by Gasteiger charge is -2.45. The molecule has 0 spiro atoms. The molecule has 0 saturated carbocycles. The highest BCUT2D eigenvalue weighted by Gasteiger charge is 2.39. The van der Waals surface area contributed by atoms with Crippen LogP contribution in [0.4, 0.5) is 0 Å². The standard InChI is InChI=1S/C24H26N2O2.C2H2O4/c27-23-14-8-7-9-20(23)19-25-15-17-26(18-16-25)24(28,21-10-3-1-4-11-21)22-12-5-2-6-13-22;3-1(4)2(5)6/h1-14,27-28H,15-19H2;(H,3,4)(H,5,6). The van der Waals surface area contributed by atoms with Gasteiger partial charge in [0.2, 0.25) is 0 Å². The van der Waals surface area contributed by atoms with Crippen LogP contribution < -0.4 is 0 Å². The SMILES string of the molecule is O=C(O)C(=O)O.Oc1ccccc1CN1CCN(C(O)(c2ccccc2)c2ccccc2)CC1. The Morgan fingerprint density at radius 1 is 0.706 bits per heavy atom. The minimum absolute atomic E-state index is 0.343. The summed E-state index contributed by atoms with van der Waals surface area (Å²) < 4.78 is 0. The van der Waals surface area contributed by atoms with Crippen LogP contribution in [-0.4, -0.2) is 68.3 Å². The van der Waals surface area contributed by atoms with Crippen LogP contribution in [0.1, 0.15) is 16.7 Å². The predicted molar refractivity (Wildman–Crippen MR) is 126 cm³/mol. The Morgan fingerprint density at radius 2 is 1.15 bits per heavy atom. The maximum absolute atomic E-state index is 11.9. The number of hydrogen-bond donors (Lipinski definition) is 4. The molecular weight excluding hydrogens is 436 g/mol. The summed E-state index contributed by atoms with van der Waals surface area (Å²) in [6, 6.07) is 27.3. The van der Waals surface area contributed by atoms with E-state index in [1.807, 2.05) is 78.9 Å². The molecule has 1 aliphatic heterocycles. The van der Waals surface area contributed by atoms with Gasteiger partial charge in [0.05, 0.1) is 0 Å². The second kappa shape index (κ2) is 11.4. The van der Waals surface area contributed by atoms with Crippen molar-refractivity contribution in [1.29, 1.82) is 0 Å². The first-order valence-electron chi connectivity index (χ1n) is 10.9. The van der Waals surface area contributed by atoms with E-state index in [0.29, 0.717) is 5.75 Å². The molecule has 1 saturated heterocycles. The van der Waals surface area contributed by atoms with Crippen molar-refractivity contribution in [3.05, 3.63) is 102 Å². The molecule has 178 valence electrons. The summed E-state index contributed by atoms with van der Waals surface area (Å²) in [5.41, 5.74) is 1.56. The Bertz CT molecular complexity index is 1030. The number of piperazine rings is 1. The fourth-order valence-electron chi connectivity index (χ4n) is 3.99. The number of phenolic OH excluding ortho intramolecular Hbond substituents is 1. The number of aromatic hydroxyl groups is 1. The molecule has 3 aromatic carbocycles. The maximum Gasteiger partial charge on any atom is 0.414 e. The highest BCUT2D eigenvalue weighted by atomic mass is 16.4. The number of rotatable bonds is 5. The lowest BCUT2D eigenvalue weighted by atomic mass is 9.92. The molecular formula is C26H28N2O6. The molecule has 0 aromatic heterocycles. The second-order valence-electron chi connectivity index (χ2n) is 7.91. The van der Waals surface area contributed by atoms with Crippen LogP contribution in [0.15, 0.2) is 84.9 Å². The maximum atomic E-state index is 11.9. The molecule has 8 nitrogen and oxygen atoms in total. The average molecular weight is 465 g/mol. The first-order valence-corrected chi connectivity index (χ1v) is 10.9. The van der Waals surface area contributed by atoms with Gasteiger partial charge >= 0.3 is 11.9 Å². The zero-order valence-corrected chi connectivity index (χ0v) is 18.6. The lowest BCUT2D eigenvalue weighted by molar-refractivity contribution is -0.159. The smallest absolute Gasteiger partial charge is 0.414 e. The third-order valence-corrected chi connectivity index (χ3v) is 5.75. The molecule has 34 heavy (non-hydrogen) atoms. The zero-order chi connectivity index (χ0) is 24.6. The van der Waals surface area contributed by atoms with E-state index in [9.17, 15) is 10.2 Å². The molecule has 0 atom stereocenters. The van der Waals surface area contributed by atoms with Gasteiger partial charge in [-0.2, -0.15) is 0 Å². The van der Waals surface area contributed by atoms with Gasteiger partial charge in [-0.05, 0) is 6.07 Å². The molecule has 1 heterocycles. The summed E-state index contributed by atoms with van der Waals surface area (Å²) in [5, 5.41) is 36.7. The van der Waals surface area contributed by atoms with Crippen molar-refractivity contribution in [3.63, 3.8) is 0 Å². The van der Waals surface area contributed by atoms with Crippen molar-refractivity contribution in [1.82, 2.24) is 9.80 Å². The van der Waals surface area contributed by atoms with E-state index in [2.05, 4.69) is 9.80 Å². The topological polar surface area (TPSA) is 122 Å². The summed E-state index contributed by atoms with van der Waals surface area (Å²) in [6.07, 6.45) is 0. The minimum atomic E-state index is -1.82. The summed E-state index contributed by atoms with van der Waals surface area (Å²) in [4.78, 5) is 22.7. The van der Waals surface area contributed by atoms with E-state index in [-0.39, 0.29) is 0 Å². The van der Waals surface area contributed by atoms with Gasteiger partial charge in [-0.15, -0.1) is 0 Å². The lowest BCUT2D eigenvalue weighted by Crippen LogP contribution is -2.55. The number of aliphatic carboxylic acids is 2. The van der Waals surface area contributed by atoms with Crippen LogP contribution in [0.3, 0.4) is 0 Å². The molecule has 0 radical (unpaired) electrons. The summed E-state index contributed by atoms with van der Waals surface area (Å²) in [5.74, 6) is -3.31. The van der Waals surface area contributed by atoms with Gasteiger partial charge in [0, 0.05) is 49.4 Å². The van der Waals surface area contributed by atoms with Crippen LogP contribution in [0.25, 0.3) is 0 Å². The third kappa shape index (κ3) is 5.99. The summed E-state index contributed by atoms with van der Waals surface area (Å²) in [7, 11) is 0. The van der Waals surface area contributed by atoms with Gasteiger partial charge < -0.3 is 20.4 Å². The van der Waals surface area contributed by atoms with E-state index in [1.54, 1.807) is 6.07 Å². The summed E-state index contributed by atoms with van der Waals surface area (Å²) in [6.45, 7) is 3.87. The Labute approximate surface area is 197 Å². The van der Waals surface area contributed by atoms with E-state index >= 15 is 0 Å². The Kier molecular flexibility index (Phi) is 8.37. The van der Waals surface area contributed by atoms with Crippen molar-refractivity contribution < 1.29 is 30.0 Å². The number of nitrogens with zero attached hydrogens (tertiary/aromatic N) is 2. The number of carboxylic acid groups (broad SMARTS) is 2. The Balaban J connectivity index is 0.000000481. The molecule has 0 amide bonds. The molecule has 0 unspecified atom stereocenters. The quantitative estimate of drug-likeness (QED) is 0.425. The first kappa shape index (κ1) is 24.9. The highest BCUT2D eigenvalue weighted by Crippen LogP contribution is 2.34. The number of carbonyl (C=O) groups is 2. The van der Waals surface area contributed by atoms with Crippen LogP contribution in [0.5, 0.6) is 5.75 Å². The van der Waals surface area contributed by atoms with E-state index in [0.717, 1.165) is 49.4 Å². The molecule has 3 aromatic rings. The minimum Gasteiger partial charge on any atom is -0.508 e. The second-order valence-corrected chi connectivity index (χ2v) is 7.91. The molecule has 1 fully saturated rings. The van der Waals surface area contributed by atoms with Crippen LogP contribution in [-0.2, 0) is 21.9 Å². The molecule has 1 aliphatic rings. The molecule has 4 rings (SSSR count). The van der Waals surface area contributed by atoms with Crippen molar-refractivity contribution in [2.24, 2.45) is 0 Å². The number of aliphatic hydroxyl groups is 1. The number of carboxylic acids is 2. The largest absolute Gasteiger partial charge is 0.508 e. The van der Waals surface area contributed by atoms with Gasteiger partial charge in [-0.25, -0.2) is 9.59 Å². The number of para-hydroxylation sites is 1. The first-order chi connectivity index (χ1) is 16.3. The molecule has 4 N–H and O–H groups in total. The fourth-order valence-corrected chi connectivity index (χ4v) is 3.99. The third-order valence-electron chi connectivity index (χ3n) is 5.75. The monoisotopic (exact) mass is 464 g/mol. The molecule has 0 aliphatic carbocycles. The van der Waals surface area contributed by atoms with Gasteiger partial charge in [0.25, 0.3) is 0 Å². The predicted octanol–water partition coefficient (Wildman–Crippen LogP) is 2.56. The Morgan fingerprint density at radius 3 is 1.59 bits per heavy atom. The number of benzene rings is 3. The number of hydrogen-bond acceptors (Lipinski definition) is 6. The van der Waals surface area contributed by atoms with E-state index < -0.39 is 17.7 Å². The summed E-state index contributed by atoms with van der Waals surface area (Å²) >= 11 is 0. The number of phenols is 1. The van der Waals surface area contributed by atoms with Gasteiger partial charge in [-0.1, -0.05) is 78.9 Å². The van der Waals surface area contributed by atoms with E-state index in [4.69, 9.17) is 19.8 Å². The van der Waals surface area contributed by atoms with Gasteiger partial charge in [0.1, 0.15) is 5.75 Å². The van der Waals surface area contributed by atoms with Crippen LogP contribution >= 0.6 is 0 Å². The van der Waals surface area contributed by atoms with Crippen molar-refractivity contribution in [2.75, 3.05) is 26.2 Å². The van der Waals surface area contributed by atoms with Crippen molar-refractivity contribution >= 4 is 11.9 Å². The molecule has 8 heteroatoms. The average Bonchev–Trinajstić information content (AvgIpc) is 2.87. The Hall–Kier alpha value is -3.72. The molecule has 0 bridgehead atoms. The normalized spacial score (nSPS) is 14.6. The van der Waals surface area contributed by atoms with E-state index in [1.165, 1.54) is 0 Å². The van der Waals surface area contributed by atoms with Crippen LogP contribution in [0, 0.1) is 0 Å². The van der Waals surface area contributed by atoms with Crippen molar-refractivity contribution in [3.8, 4) is 5.75 Å².